The van der Waals surface area contributed by atoms with Gasteiger partial charge in [0.25, 0.3) is 0 Å². The summed E-state index contributed by atoms with van der Waals surface area (Å²) in [4.78, 5) is 11.1. The number of carbonyl (C=O) groups excluding carboxylic acids is 1. The second-order valence-corrected chi connectivity index (χ2v) is 5.66. The van der Waals surface area contributed by atoms with Gasteiger partial charge in [-0.25, -0.2) is 0 Å². The van der Waals surface area contributed by atoms with Gasteiger partial charge in [0.15, 0.2) is 12.0 Å². The number of ether oxygens (including phenoxy) is 1. The summed E-state index contributed by atoms with van der Waals surface area (Å²) >= 11 is 6.17. The van der Waals surface area contributed by atoms with Gasteiger partial charge in [-0.2, -0.15) is 0 Å². The van der Waals surface area contributed by atoms with Gasteiger partial charge >= 0.3 is 0 Å². The lowest BCUT2D eigenvalue weighted by molar-refractivity contribution is 0.112. The summed E-state index contributed by atoms with van der Waals surface area (Å²) < 4.78 is 5.27. The van der Waals surface area contributed by atoms with Crippen LogP contribution in [-0.4, -0.2) is 13.4 Å². The number of fused-ring (bicyclic) bond motifs is 1. The van der Waals surface area contributed by atoms with Crippen LogP contribution in [0, 0.1) is 0 Å². The molecular formula is C19H14ClO3. The molecular weight excluding hydrogens is 312 g/mol. The van der Waals surface area contributed by atoms with Crippen molar-refractivity contribution in [2.24, 2.45) is 0 Å². The number of aldehydes is 1. The Kier molecular flexibility index (Phi) is 4.22. The van der Waals surface area contributed by atoms with Gasteiger partial charge in [0, 0.05) is 22.4 Å². The fraction of sp³-hybridized carbons (Fsp3) is 0.105. The van der Waals surface area contributed by atoms with Crippen LogP contribution >= 0.6 is 11.6 Å². The number of rotatable bonds is 4. The summed E-state index contributed by atoms with van der Waals surface area (Å²) in [6, 6.07) is 14.5. The average molecular weight is 326 g/mol. The van der Waals surface area contributed by atoms with Crippen molar-refractivity contribution in [1.29, 1.82) is 0 Å². The lowest BCUT2D eigenvalue weighted by Gasteiger charge is -2.12. The molecule has 3 aromatic carbocycles. The van der Waals surface area contributed by atoms with Crippen molar-refractivity contribution in [3.8, 4) is 11.5 Å². The van der Waals surface area contributed by atoms with E-state index < -0.39 is 0 Å². The predicted octanol–water partition coefficient (Wildman–Crippen LogP) is 5.05. The molecule has 0 aliphatic carbocycles. The van der Waals surface area contributed by atoms with Gasteiger partial charge in [0.05, 0.1) is 12.7 Å². The van der Waals surface area contributed by atoms with Gasteiger partial charge in [0.2, 0.25) is 0 Å². The molecule has 23 heavy (non-hydrogen) atoms. The third-order valence-electron chi connectivity index (χ3n) is 3.85. The summed E-state index contributed by atoms with van der Waals surface area (Å²) in [7, 11) is 1.46. The molecule has 0 saturated heterocycles. The maximum absolute atomic E-state index is 12.2. The predicted molar refractivity (Wildman–Crippen MR) is 90.3 cm³/mol. The summed E-state index contributed by atoms with van der Waals surface area (Å²) in [5.41, 5.74) is 1.82. The first-order valence-corrected chi connectivity index (χ1v) is 7.51. The second kappa shape index (κ2) is 6.31. The minimum Gasteiger partial charge on any atom is -0.496 e. The molecule has 0 N–H and O–H groups in total. The lowest BCUT2D eigenvalue weighted by Crippen LogP contribution is -1.98. The van der Waals surface area contributed by atoms with Crippen LogP contribution < -0.4 is 4.74 Å². The highest BCUT2D eigenvalue weighted by molar-refractivity contribution is 6.35. The van der Waals surface area contributed by atoms with Crippen LogP contribution in [0.3, 0.4) is 0 Å². The van der Waals surface area contributed by atoms with E-state index in [-0.39, 0.29) is 5.75 Å². The number of halogens is 1. The standard InChI is InChI=1S/C19H14ClO3/c1-23-19-14(11-21)6-8-18(22)16(19)10-12-5-7-15-13(9-12)3-2-4-17(15)20/h2-9,11H,10H2,1H3. The van der Waals surface area contributed by atoms with Crippen LogP contribution in [0.5, 0.6) is 11.5 Å². The highest BCUT2D eigenvalue weighted by atomic mass is 35.5. The van der Waals surface area contributed by atoms with E-state index in [9.17, 15) is 9.90 Å². The van der Waals surface area contributed by atoms with E-state index in [4.69, 9.17) is 16.3 Å². The van der Waals surface area contributed by atoms with Crippen LogP contribution in [0.1, 0.15) is 21.5 Å². The molecule has 115 valence electrons. The smallest absolute Gasteiger partial charge is 0.185 e. The van der Waals surface area contributed by atoms with Crippen LogP contribution in [0.2, 0.25) is 5.02 Å². The van der Waals surface area contributed by atoms with Crippen LogP contribution in [0.15, 0.2) is 48.5 Å². The molecule has 3 aromatic rings. The first kappa shape index (κ1) is 15.4. The largest absolute Gasteiger partial charge is 0.496 e. The zero-order valence-corrected chi connectivity index (χ0v) is 13.3. The molecule has 0 aliphatic rings. The number of methoxy groups -OCH3 is 1. The highest BCUT2D eigenvalue weighted by Crippen LogP contribution is 2.34. The van der Waals surface area contributed by atoms with E-state index >= 15 is 0 Å². The van der Waals surface area contributed by atoms with Crippen molar-refractivity contribution in [3.05, 3.63) is 70.2 Å². The second-order valence-electron chi connectivity index (χ2n) is 5.25. The normalized spacial score (nSPS) is 10.7. The average Bonchev–Trinajstić information content (AvgIpc) is 2.56. The lowest BCUT2D eigenvalue weighted by atomic mass is 9.98. The SMILES string of the molecule is COc1c(C=O)ccc([O])c1Cc1ccc2c(Cl)cccc2c1. The van der Waals surface area contributed by atoms with Crippen molar-refractivity contribution in [2.45, 2.75) is 6.42 Å². The Bertz CT molecular complexity index is 887. The maximum Gasteiger partial charge on any atom is 0.185 e. The molecule has 0 atom stereocenters. The van der Waals surface area contributed by atoms with Gasteiger partial charge in [-0.15, -0.1) is 0 Å². The van der Waals surface area contributed by atoms with Crippen molar-refractivity contribution in [3.63, 3.8) is 0 Å². The Morgan fingerprint density at radius 2 is 1.96 bits per heavy atom. The third kappa shape index (κ3) is 2.88. The summed E-state index contributed by atoms with van der Waals surface area (Å²) in [5, 5.41) is 14.8. The Morgan fingerprint density at radius 1 is 1.13 bits per heavy atom. The number of hydrogen-bond acceptors (Lipinski definition) is 2. The topological polar surface area (TPSA) is 46.2 Å². The first-order valence-electron chi connectivity index (χ1n) is 7.13. The molecule has 0 heterocycles. The molecule has 4 heteroatoms. The molecule has 0 spiro atoms. The van der Waals surface area contributed by atoms with Gasteiger partial charge < -0.3 is 4.74 Å². The number of carbonyl (C=O) groups is 1. The van der Waals surface area contributed by atoms with Crippen LogP contribution in [0.25, 0.3) is 10.8 Å². The number of benzene rings is 3. The molecule has 0 amide bonds. The zero-order valence-electron chi connectivity index (χ0n) is 12.5. The minimum absolute atomic E-state index is 0.140. The van der Waals surface area contributed by atoms with Gasteiger partial charge in [-0.05, 0) is 29.1 Å². The summed E-state index contributed by atoms with van der Waals surface area (Å²) in [6.07, 6.45) is 1.09. The zero-order chi connectivity index (χ0) is 16.4. The fourth-order valence-corrected chi connectivity index (χ4v) is 2.98. The van der Waals surface area contributed by atoms with Crippen molar-refractivity contribution < 1.29 is 14.6 Å². The summed E-state index contributed by atoms with van der Waals surface area (Å²) in [6.45, 7) is 0. The fourth-order valence-electron chi connectivity index (χ4n) is 2.74. The first-order chi connectivity index (χ1) is 11.1. The molecule has 3 nitrogen and oxygen atoms in total. The van der Waals surface area contributed by atoms with Gasteiger partial charge in [-0.3, -0.25) is 9.90 Å². The van der Waals surface area contributed by atoms with E-state index in [0.717, 1.165) is 16.3 Å². The van der Waals surface area contributed by atoms with Crippen molar-refractivity contribution in [2.75, 3.05) is 7.11 Å². The quantitative estimate of drug-likeness (QED) is 0.630. The molecule has 1 radical (unpaired) electrons. The molecule has 0 aliphatic heterocycles. The molecule has 0 fully saturated rings. The molecule has 3 rings (SSSR count). The third-order valence-corrected chi connectivity index (χ3v) is 4.18. The molecule has 0 unspecified atom stereocenters. The van der Waals surface area contributed by atoms with E-state index in [1.54, 1.807) is 0 Å². The van der Waals surface area contributed by atoms with E-state index in [1.807, 2.05) is 36.4 Å². The molecule has 0 saturated carbocycles. The Labute approximate surface area is 139 Å². The van der Waals surface area contributed by atoms with Gasteiger partial charge in [0.1, 0.15) is 5.75 Å². The van der Waals surface area contributed by atoms with Gasteiger partial charge in [-0.1, -0.05) is 41.9 Å². The van der Waals surface area contributed by atoms with E-state index in [2.05, 4.69) is 0 Å². The Morgan fingerprint density at radius 3 is 2.70 bits per heavy atom. The Balaban J connectivity index is 2.07. The molecule has 0 aromatic heterocycles. The monoisotopic (exact) mass is 325 g/mol. The number of hydrogen-bond donors (Lipinski definition) is 0. The van der Waals surface area contributed by atoms with Crippen molar-refractivity contribution in [1.82, 2.24) is 0 Å². The highest BCUT2D eigenvalue weighted by Gasteiger charge is 2.15. The summed E-state index contributed by atoms with van der Waals surface area (Å²) in [5.74, 6) is 0.206. The van der Waals surface area contributed by atoms with Crippen LogP contribution in [-0.2, 0) is 11.5 Å². The molecule has 0 bridgehead atoms. The maximum atomic E-state index is 12.2. The van der Waals surface area contributed by atoms with E-state index in [1.165, 1.54) is 19.2 Å². The minimum atomic E-state index is -0.140. The van der Waals surface area contributed by atoms with E-state index in [0.29, 0.717) is 34.6 Å². The Hall–Kier alpha value is -2.52. The van der Waals surface area contributed by atoms with Crippen molar-refractivity contribution >= 4 is 28.7 Å². The van der Waals surface area contributed by atoms with Crippen LogP contribution in [0.4, 0.5) is 0 Å².